The summed E-state index contributed by atoms with van der Waals surface area (Å²) < 4.78 is 5.94. The Hall–Kier alpha value is -0.0800. The average Bonchev–Trinajstić information content (AvgIpc) is 2.42. The SMILES string of the molecule is CC(C)C1CC(NC2C3CC4CC(C3)CC2C4)CCO1. The van der Waals surface area contributed by atoms with Crippen molar-refractivity contribution in [3.63, 3.8) is 0 Å². The van der Waals surface area contributed by atoms with Gasteiger partial charge in [0.1, 0.15) is 0 Å². The van der Waals surface area contributed by atoms with Crippen LogP contribution >= 0.6 is 0 Å². The average molecular weight is 277 g/mol. The summed E-state index contributed by atoms with van der Waals surface area (Å²) in [6, 6.07) is 1.57. The molecule has 1 aliphatic heterocycles. The highest BCUT2D eigenvalue weighted by atomic mass is 16.5. The summed E-state index contributed by atoms with van der Waals surface area (Å²) in [6.07, 6.45) is 10.6. The first-order chi connectivity index (χ1) is 9.69. The molecule has 0 radical (unpaired) electrons. The minimum absolute atomic E-state index is 0.484. The normalized spacial score (nSPS) is 50.9. The first-order valence-electron chi connectivity index (χ1n) is 9.06. The minimum atomic E-state index is 0.484. The van der Waals surface area contributed by atoms with Crippen LogP contribution in [0, 0.1) is 29.6 Å². The summed E-state index contributed by atoms with van der Waals surface area (Å²) in [5.74, 6) is 4.86. The molecule has 4 aliphatic carbocycles. The quantitative estimate of drug-likeness (QED) is 0.851. The summed E-state index contributed by atoms with van der Waals surface area (Å²) in [6.45, 7) is 5.57. The molecule has 4 saturated carbocycles. The molecule has 4 bridgehead atoms. The van der Waals surface area contributed by atoms with E-state index in [1.54, 1.807) is 6.42 Å². The van der Waals surface area contributed by atoms with E-state index in [2.05, 4.69) is 19.2 Å². The number of ether oxygens (including phenoxy) is 1. The Morgan fingerprint density at radius 3 is 2.15 bits per heavy atom. The summed E-state index contributed by atoms with van der Waals surface area (Å²) in [7, 11) is 0. The topological polar surface area (TPSA) is 21.3 Å². The van der Waals surface area contributed by atoms with Gasteiger partial charge in [0.05, 0.1) is 6.10 Å². The maximum atomic E-state index is 5.94. The number of rotatable bonds is 3. The van der Waals surface area contributed by atoms with Gasteiger partial charge in [-0.15, -0.1) is 0 Å². The Kier molecular flexibility index (Phi) is 3.58. The van der Waals surface area contributed by atoms with Crippen LogP contribution in [0.2, 0.25) is 0 Å². The molecule has 5 fully saturated rings. The molecule has 2 atom stereocenters. The Morgan fingerprint density at radius 1 is 0.900 bits per heavy atom. The van der Waals surface area contributed by atoms with Gasteiger partial charge in [0, 0.05) is 18.7 Å². The molecule has 0 spiro atoms. The summed E-state index contributed by atoms with van der Waals surface area (Å²) in [5.41, 5.74) is 0. The third-order valence-electron chi connectivity index (χ3n) is 6.71. The molecule has 114 valence electrons. The molecule has 1 saturated heterocycles. The van der Waals surface area contributed by atoms with Gasteiger partial charge in [-0.1, -0.05) is 13.8 Å². The highest BCUT2D eigenvalue weighted by Crippen LogP contribution is 2.53. The maximum Gasteiger partial charge on any atom is 0.0612 e. The van der Waals surface area contributed by atoms with Crippen molar-refractivity contribution < 1.29 is 4.74 Å². The molecule has 1 N–H and O–H groups in total. The van der Waals surface area contributed by atoms with E-state index >= 15 is 0 Å². The van der Waals surface area contributed by atoms with E-state index in [-0.39, 0.29) is 0 Å². The number of nitrogens with one attached hydrogen (secondary N) is 1. The van der Waals surface area contributed by atoms with Gasteiger partial charge in [0.2, 0.25) is 0 Å². The van der Waals surface area contributed by atoms with Gasteiger partial charge in [-0.05, 0) is 74.5 Å². The molecular formula is C18H31NO. The van der Waals surface area contributed by atoms with Crippen LogP contribution in [0.4, 0.5) is 0 Å². The second kappa shape index (κ2) is 5.28. The Bertz CT molecular complexity index is 325. The Balaban J connectivity index is 1.39. The van der Waals surface area contributed by atoms with Gasteiger partial charge < -0.3 is 10.1 Å². The lowest BCUT2D eigenvalue weighted by atomic mass is 9.54. The van der Waals surface area contributed by atoms with Gasteiger partial charge in [-0.2, -0.15) is 0 Å². The molecular weight excluding hydrogens is 246 g/mol. The van der Waals surface area contributed by atoms with Crippen molar-refractivity contribution in [3.8, 4) is 0 Å². The second-order valence-electron chi connectivity index (χ2n) is 8.50. The van der Waals surface area contributed by atoms with E-state index in [9.17, 15) is 0 Å². The molecule has 5 rings (SSSR count). The van der Waals surface area contributed by atoms with Crippen molar-refractivity contribution in [1.82, 2.24) is 5.32 Å². The van der Waals surface area contributed by atoms with Crippen LogP contribution in [0.25, 0.3) is 0 Å². The van der Waals surface area contributed by atoms with Gasteiger partial charge in [0.15, 0.2) is 0 Å². The molecule has 2 nitrogen and oxygen atoms in total. The van der Waals surface area contributed by atoms with Crippen molar-refractivity contribution in [1.29, 1.82) is 0 Å². The molecule has 0 aromatic rings. The first-order valence-corrected chi connectivity index (χ1v) is 9.06. The van der Waals surface area contributed by atoms with Gasteiger partial charge in [-0.25, -0.2) is 0 Å². The molecule has 0 aromatic carbocycles. The minimum Gasteiger partial charge on any atom is -0.378 e. The van der Waals surface area contributed by atoms with E-state index in [1.165, 1.54) is 38.5 Å². The van der Waals surface area contributed by atoms with Crippen LogP contribution in [0.15, 0.2) is 0 Å². The number of hydrogen-bond acceptors (Lipinski definition) is 2. The predicted octanol–water partition coefficient (Wildman–Crippen LogP) is 3.60. The van der Waals surface area contributed by atoms with Crippen LogP contribution in [-0.2, 0) is 4.74 Å². The van der Waals surface area contributed by atoms with Crippen molar-refractivity contribution >= 4 is 0 Å². The zero-order valence-electron chi connectivity index (χ0n) is 13.2. The monoisotopic (exact) mass is 277 g/mol. The molecule has 20 heavy (non-hydrogen) atoms. The molecule has 5 aliphatic rings. The van der Waals surface area contributed by atoms with E-state index in [1.807, 2.05) is 0 Å². The van der Waals surface area contributed by atoms with E-state index < -0.39 is 0 Å². The van der Waals surface area contributed by atoms with Crippen LogP contribution < -0.4 is 5.32 Å². The van der Waals surface area contributed by atoms with Crippen LogP contribution in [0.5, 0.6) is 0 Å². The van der Waals surface area contributed by atoms with E-state index in [0.29, 0.717) is 12.0 Å². The fourth-order valence-electron chi connectivity index (χ4n) is 5.91. The second-order valence-corrected chi connectivity index (χ2v) is 8.50. The molecule has 2 unspecified atom stereocenters. The third kappa shape index (κ3) is 2.43. The fraction of sp³-hybridized carbons (Fsp3) is 1.00. The lowest BCUT2D eigenvalue weighted by Gasteiger charge is -2.55. The lowest BCUT2D eigenvalue weighted by molar-refractivity contribution is -0.0486. The van der Waals surface area contributed by atoms with Gasteiger partial charge in [-0.3, -0.25) is 0 Å². The van der Waals surface area contributed by atoms with Gasteiger partial charge in [0.25, 0.3) is 0 Å². The summed E-state index contributed by atoms with van der Waals surface area (Å²) in [5, 5.41) is 4.11. The van der Waals surface area contributed by atoms with Crippen molar-refractivity contribution in [3.05, 3.63) is 0 Å². The zero-order chi connectivity index (χ0) is 13.7. The third-order valence-corrected chi connectivity index (χ3v) is 6.71. The molecule has 0 amide bonds. The van der Waals surface area contributed by atoms with Crippen molar-refractivity contribution in [2.24, 2.45) is 29.6 Å². The molecule has 0 aromatic heterocycles. The largest absolute Gasteiger partial charge is 0.378 e. The van der Waals surface area contributed by atoms with Gasteiger partial charge >= 0.3 is 0 Å². The van der Waals surface area contributed by atoms with Crippen LogP contribution in [-0.4, -0.2) is 24.8 Å². The van der Waals surface area contributed by atoms with Crippen molar-refractivity contribution in [2.75, 3.05) is 6.61 Å². The predicted molar refractivity (Wildman–Crippen MR) is 81.6 cm³/mol. The molecule has 2 heteroatoms. The van der Waals surface area contributed by atoms with E-state index in [0.717, 1.165) is 42.4 Å². The highest BCUT2D eigenvalue weighted by Gasteiger charge is 2.48. The zero-order valence-corrected chi connectivity index (χ0v) is 13.2. The van der Waals surface area contributed by atoms with Crippen LogP contribution in [0.1, 0.15) is 58.8 Å². The Morgan fingerprint density at radius 2 is 1.55 bits per heavy atom. The lowest BCUT2D eigenvalue weighted by Crippen LogP contribution is -2.58. The summed E-state index contributed by atoms with van der Waals surface area (Å²) in [4.78, 5) is 0. The molecule has 1 heterocycles. The Labute approximate surface area is 124 Å². The van der Waals surface area contributed by atoms with Crippen molar-refractivity contribution in [2.45, 2.75) is 77.0 Å². The standard InChI is InChI=1S/C18H31NO/c1-11(2)17-10-16(3-4-20-17)19-18-14-6-12-5-13(8-14)9-15(18)7-12/h11-19H,3-10H2,1-2H3. The first kappa shape index (κ1) is 13.6. The highest BCUT2D eigenvalue weighted by molar-refractivity contribution is 5.02. The fourth-order valence-corrected chi connectivity index (χ4v) is 5.91. The van der Waals surface area contributed by atoms with Crippen LogP contribution in [0.3, 0.4) is 0 Å². The summed E-state index contributed by atoms with van der Waals surface area (Å²) >= 11 is 0. The smallest absolute Gasteiger partial charge is 0.0612 e. The number of hydrogen-bond donors (Lipinski definition) is 1. The van der Waals surface area contributed by atoms with E-state index in [4.69, 9.17) is 4.74 Å². The maximum absolute atomic E-state index is 5.94.